The lowest BCUT2D eigenvalue weighted by atomic mass is 10.1. The summed E-state index contributed by atoms with van der Waals surface area (Å²) in [6.07, 6.45) is 2.30. The van der Waals surface area contributed by atoms with Crippen LogP contribution in [0.15, 0.2) is 36.5 Å². The van der Waals surface area contributed by atoms with Crippen molar-refractivity contribution in [2.45, 2.75) is 6.42 Å². The molecule has 1 aliphatic rings. The number of aromatic nitrogens is 1. The van der Waals surface area contributed by atoms with E-state index in [4.69, 9.17) is 17.3 Å². The van der Waals surface area contributed by atoms with E-state index in [-0.39, 0.29) is 5.91 Å². The van der Waals surface area contributed by atoms with E-state index in [0.29, 0.717) is 17.3 Å². The lowest BCUT2D eigenvalue weighted by molar-refractivity contribution is 0.0984. The monoisotopic (exact) mass is 273 g/mol. The smallest absolute Gasteiger partial charge is 0.276 e. The van der Waals surface area contributed by atoms with Gasteiger partial charge in [-0.3, -0.25) is 4.79 Å². The molecule has 96 valence electrons. The van der Waals surface area contributed by atoms with Crippen LogP contribution in [0.25, 0.3) is 0 Å². The molecule has 3 rings (SSSR count). The molecule has 0 bridgehead atoms. The first-order valence-corrected chi connectivity index (χ1v) is 6.35. The third-order valence-electron chi connectivity index (χ3n) is 3.19. The second-order valence-corrected chi connectivity index (χ2v) is 4.89. The number of nitrogens with two attached hydrogens (primary N) is 1. The van der Waals surface area contributed by atoms with Crippen molar-refractivity contribution in [3.05, 3.63) is 52.8 Å². The van der Waals surface area contributed by atoms with Gasteiger partial charge in [0.1, 0.15) is 5.69 Å². The number of hydrogen-bond donors (Lipinski definition) is 1. The number of pyridine rings is 1. The lowest BCUT2D eigenvalue weighted by Crippen LogP contribution is -2.29. The second-order valence-electron chi connectivity index (χ2n) is 4.46. The number of benzene rings is 1. The Morgan fingerprint density at radius 2 is 2.16 bits per heavy atom. The standard InChI is InChI=1S/C14H12ClN3O/c15-10-1-3-12(17-8-10)14(19)18-6-5-9-7-11(16)2-4-13(9)18/h1-4,7-8H,5-6,16H2. The topological polar surface area (TPSA) is 59.2 Å². The van der Waals surface area contributed by atoms with Gasteiger partial charge in [-0.1, -0.05) is 11.6 Å². The normalized spacial score (nSPS) is 13.4. The number of halogens is 1. The van der Waals surface area contributed by atoms with E-state index in [1.165, 1.54) is 6.20 Å². The van der Waals surface area contributed by atoms with Crippen LogP contribution in [-0.4, -0.2) is 17.4 Å². The number of fused-ring (bicyclic) bond motifs is 1. The van der Waals surface area contributed by atoms with Crippen LogP contribution in [0.4, 0.5) is 11.4 Å². The SMILES string of the molecule is Nc1ccc2c(c1)CCN2C(=O)c1ccc(Cl)cn1. The van der Waals surface area contributed by atoms with Crippen molar-refractivity contribution in [3.8, 4) is 0 Å². The molecule has 4 nitrogen and oxygen atoms in total. The van der Waals surface area contributed by atoms with Crippen molar-refractivity contribution < 1.29 is 4.79 Å². The summed E-state index contributed by atoms with van der Waals surface area (Å²) >= 11 is 5.77. The fourth-order valence-corrected chi connectivity index (χ4v) is 2.39. The summed E-state index contributed by atoms with van der Waals surface area (Å²) in [5.41, 5.74) is 8.88. The highest BCUT2D eigenvalue weighted by molar-refractivity contribution is 6.30. The first-order valence-electron chi connectivity index (χ1n) is 5.97. The number of anilines is 2. The summed E-state index contributed by atoms with van der Waals surface area (Å²) in [5.74, 6) is -0.111. The van der Waals surface area contributed by atoms with Crippen LogP contribution < -0.4 is 10.6 Å². The number of carbonyl (C=O) groups excluding carboxylic acids is 1. The molecule has 0 saturated carbocycles. The van der Waals surface area contributed by atoms with Crippen molar-refractivity contribution in [2.75, 3.05) is 17.2 Å². The van der Waals surface area contributed by atoms with E-state index >= 15 is 0 Å². The highest BCUT2D eigenvalue weighted by atomic mass is 35.5. The minimum Gasteiger partial charge on any atom is -0.399 e. The Labute approximate surface area is 115 Å². The summed E-state index contributed by atoms with van der Waals surface area (Å²) in [7, 11) is 0. The number of hydrogen-bond acceptors (Lipinski definition) is 3. The number of nitrogens with zero attached hydrogens (tertiary/aromatic N) is 2. The van der Waals surface area contributed by atoms with Gasteiger partial charge in [0.15, 0.2) is 0 Å². The summed E-state index contributed by atoms with van der Waals surface area (Å²) in [6, 6.07) is 8.91. The molecule has 2 heterocycles. The lowest BCUT2D eigenvalue weighted by Gasteiger charge is -2.16. The Kier molecular flexibility index (Phi) is 2.87. The molecule has 5 heteroatoms. The highest BCUT2D eigenvalue weighted by Gasteiger charge is 2.26. The van der Waals surface area contributed by atoms with Crippen molar-refractivity contribution in [1.82, 2.24) is 4.98 Å². The highest BCUT2D eigenvalue weighted by Crippen LogP contribution is 2.30. The molecule has 0 aliphatic carbocycles. The van der Waals surface area contributed by atoms with Gasteiger partial charge < -0.3 is 10.6 Å². The van der Waals surface area contributed by atoms with E-state index in [2.05, 4.69) is 4.98 Å². The van der Waals surface area contributed by atoms with Crippen LogP contribution in [0.5, 0.6) is 0 Å². The molecule has 0 saturated heterocycles. The molecule has 1 aromatic carbocycles. The van der Waals surface area contributed by atoms with Crippen LogP contribution in [0.3, 0.4) is 0 Å². The predicted octanol–water partition coefficient (Wildman–Crippen LogP) is 2.52. The van der Waals surface area contributed by atoms with Crippen LogP contribution in [0.1, 0.15) is 16.1 Å². The number of nitrogen functional groups attached to an aromatic ring is 1. The maximum atomic E-state index is 12.4. The molecule has 19 heavy (non-hydrogen) atoms. The van der Waals surface area contributed by atoms with Gasteiger partial charge in [0, 0.05) is 24.1 Å². The second kappa shape index (κ2) is 4.55. The molecule has 0 atom stereocenters. The van der Waals surface area contributed by atoms with Gasteiger partial charge in [-0.2, -0.15) is 0 Å². The van der Waals surface area contributed by atoms with Crippen LogP contribution >= 0.6 is 11.6 Å². The Balaban J connectivity index is 1.93. The van der Waals surface area contributed by atoms with Crippen LogP contribution in [-0.2, 0) is 6.42 Å². The van der Waals surface area contributed by atoms with Gasteiger partial charge in [0.2, 0.25) is 0 Å². The number of carbonyl (C=O) groups is 1. The average Bonchev–Trinajstić information content (AvgIpc) is 2.81. The zero-order chi connectivity index (χ0) is 13.4. The Hall–Kier alpha value is -2.07. The molecule has 1 amide bonds. The molecule has 0 spiro atoms. The summed E-state index contributed by atoms with van der Waals surface area (Å²) in [5, 5.41) is 0.520. The molecule has 2 aromatic rings. The summed E-state index contributed by atoms with van der Waals surface area (Å²) < 4.78 is 0. The van der Waals surface area contributed by atoms with Gasteiger partial charge >= 0.3 is 0 Å². The fourth-order valence-electron chi connectivity index (χ4n) is 2.27. The van der Waals surface area contributed by atoms with Crippen molar-refractivity contribution in [2.24, 2.45) is 0 Å². The van der Waals surface area contributed by atoms with E-state index in [1.54, 1.807) is 23.1 Å². The largest absolute Gasteiger partial charge is 0.399 e. The van der Waals surface area contributed by atoms with Crippen LogP contribution in [0.2, 0.25) is 5.02 Å². The third-order valence-corrected chi connectivity index (χ3v) is 3.41. The number of amides is 1. The van der Waals surface area contributed by atoms with Crippen LogP contribution in [0, 0.1) is 0 Å². The summed E-state index contributed by atoms with van der Waals surface area (Å²) in [4.78, 5) is 18.2. The van der Waals surface area contributed by atoms with E-state index < -0.39 is 0 Å². The summed E-state index contributed by atoms with van der Waals surface area (Å²) in [6.45, 7) is 0.655. The van der Waals surface area contributed by atoms with Crippen molar-refractivity contribution in [3.63, 3.8) is 0 Å². The number of rotatable bonds is 1. The molecule has 1 aliphatic heterocycles. The molecule has 2 N–H and O–H groups in total. The van der Waals surface area contributed by atoms with Gasteiger partial charge in [-0.25, -0.2) is 4.98 Å². The molecular weight excluding hydrogens is 262 g/mol. The molecule has 0 radical (unpaired) electrons. The maximum absolute atomic E-state index is 12.4. The molecular formula is C14H12ClN3O. The predicted molar refractivity (Wildman–Crippen MR) is 75.5 cm³/mol. The van der Waals surface area contributed by atoms with E-state index in [9.17, 15) is 4.79 Å². The van der Waals surface area contributed by atoms with E-state index in [1.807, 2.05) is 12.1 Å². The Morgan fingerprint density at radius 3 is 2.89 bits per heavy atom. The van der Waals surface area contributed by atoms with Crippen molar-refractivity contribution in [1.29, 1.82) is 0 Å². The minimum absolute atomic E-state index is 0.111. The van der Waals surface area contributed by atoms with Gasteiger partial charge in [0.05, 0.1) is 5.02 Å². The van der Waals surface area contributed by atoms with E-state index in [0.717, 1.165) is 23.4 Å². The third kappa shape index (κ3) is 2.15. The first-order chi connectivity index (χ1) is 9.15. The average molecular weight is 274 g/mol. The van der Waals surface area contributed by atoms with Gasteiger partial charge in [-0.05, 0) is 42.3 Å². The van der Waals surface area contributed by atoms with Gasteiger partial charge in [0.25, 0.3) is 5.91 Å². The Bertz CT molecular complexity index is 640. The first kappa shape index (κ1) is 12.0. The van der Waals surface area contributed by atoms with Gasteiger partial charge in [-0.15, -0.1) is 0 Å². The molecule has 0 unspecified atom stereocenters. The fraction of sp³-hybridized carbons (Fsp3) is 0.143. The molecule has 1 aromatic heterocycles. The molecule has 0 fully saturated rings. The van der Waals surface area contributed by atoms with Crippen molar-refractivity contribution >= 4 is 28.9 Å². The quantitative estimate of drug-likeness (QED) is 0.812. The Morgan fingerprint density at radius 1 is 1.32 bits per heavy atom. The zero-order valence-electron chi connectivity index (χ0n) is 10.1. The minimum atomic E-state index is -0.111. The maximum Gasteiger partial charge on any atom is 0.276 e. The zero-order valence-corrected chi connectivity index (χ0v) is 10.9.